The highest BCUT2D eigenvalue weighted by Gasteiger charge is 2.30. The van der Waals surface area contributed by atoms with Gasteiger partial charge in [-0.05, 0) is 38.5 Å². The van der Waals surface area contributed by atoms with Crippen molar-refractivity contribution in [2.75, 3.05) is 0 Å². The number of carbonyl (C=O) groups excluding carboxylic acids is 3. The van der Waals surface area contributed by atoms with Gasteiger partial charge in [-0.15, -0.1) is 0 Å². The van der Waals surface area contributed by atoms with E-state index in [0.717, 1.165) is 22.8 Å². The fourth-order valence-corrected chi connectivity index (χ4v) is 3.54. The molecule has 0 aliphatic carbocycles. The number of hydrogen-bond donors (Lipinski definition) is 1. The Morgan fingerprint density at radius 1 is 0.867 bits per heavy atom. The van der Waals surface area contributed by atoms with Gasteiger partial charge in [0, 0.05) is 11.6 Å². The minimum Gasteiger partial charge on any atom is -0.461 e. The highest BCUT2D eigenvalue weighted by molar-refractivity contribution is 6.17. The average molecular weight is 414 g/mol. The van der Waals surface area contributed by atoms with Gasteiger partial charge < -0.3 is 4.74 Å². The Balaban J connectivity index is 2.42. The second-order valence-corrected chi connectivity index (χ2v) is 11.1. The topological polar surface area (TPSA) is 72.5 Å². The lowest BCUT2D eigenvalue weighted by Crippen LogP contribution is -2.25. The van der Waals surface area contributed by atoms with E-state index in [0.29, 0.717) is 0 Å². The maximum Gasteiger partial charge on any atom is 0.310 e. The van der Waals surface area contributed by atoms with Crippen molar-refractivity contribution in [3.8, 4) is 0 Å². The number of carbonyl (C=O) groups is 3. The maximum absolute atomic E-state index is 12.4. The summed E-state index contributed by atoms with van der Waals surface area (Å²) in [5.74, 6) is -1.55. The van der Waals surface area contributed by atoms with Crippen molar-refractivity contribution >= 4 is 17.8 Å². The number of imide groups is 1. The molecule has 0 aromatic heterocycles. The molecule has 1 aliphatic heterocycles. The summed E-state index contributed by atoms with van der Waals surface area (Å²) in [6.07, 6.45) is 0.941. The van der Waals surface area contributed by atoms with Gasteiger partial charge in [-0.2, -0.15) is 0 Å². The van der Waals surface area contributed by atoms with Crippen molar-refractivity contribution in [1.29, 1.82) is 0 Å². The third-order valence-electron chi connectivity index (χ3n) is 5.28. The Bertz CT molecular complexity index is 868. The van der Waals surface area contributed by atoms with Gasteiger partial charge in [-0.25, -0.2) is 0 Å². The van der Waals surface area contributed by atoms with Crippen LogP contribution < -0.4 is 5.32 Å². The fourth-order valence-electron chi connectivity index (χ4n) is 3.54. The third-order valence-corrected chi connectivity index (χ3v) is 5.28. The van der Waals surface area contributed by atoms with E-state index in [1.807, 2.05) is 0 Å². The minimum atomic E-state index is -0.530. The smallest absolute Gasteiger partial charge is 0.310 e. The molecule has 1 heterocycles. The summed E-state index contributed by atoms with van der Waals surface area (Å²) in [5.41, 5.74) is 4.42. The molecule has 0 saturated carbocycles. The van der Waals surface area contributed by atoms with Crippen LogP contribution in [0.15, 0.2) is 23.8 Å². The number of esters is 1. The fraction of sp³-hybridized carbons (Fsp3) is 0.560. The summed E-state index contributed by atoms with van der Waals surface area (Å²) in [7, 11) is 0. The van der Waals surface area contributed by atoms with Crippen LogP contribution >= 0.6 is 0 Å². The van der Waals surface area contributed by atoms with Gasteiger partial charge in [-0.1, -0.05) is 74.4 Å². The first-order valence-corrected chi connectivity index (χ1v) is 10.4. The van der Waals surface area contributed by atoms with Crippen molar-refractivity contribution < 1.29 is 19.1 Å². The molecule has 1 aromatic carbocycles. The monoisotopic (exact) mass is 413 g/mol. The first-order valence-electron chi connectivity index (χ1n) is 10.4. The van der Waals surface area contributed by atoms with E-state index in [-0.39, 0.29) is 34.8 Å². The van der Waals surface area contributed by atoms with Crippen LogP contribution in [0.3, 0.4) is 0 Å². The Labute approximate surface area is 180 Å². The minimum absolute atomic E-state index is 0.00987. The van der Waals surface area contributed by atoms with E-state index in [1.165, 1.54) is 5.56 Å². The lowest BCUT2D eigenvalue weighted by molar-refractivity contribution is -0.144. The molecule has 30 heavy (non-hydrogen) atoms. The zero-order chi connectivity index (χ0) is 23.1. The van der Waals surface area contributed by atoms with Crippen LogP contribution in [0.2, 0.25) is 0 Å². The van der Waals surface area contributed by atoms with Gasteiger partial charge in [-0.3, -0.25) is 19.7 Å². The summed E-state index contributed by atoms with van der Waals surface area (Å²) >= 11 is 0. The lowest BCUT2D eigenvalue weighted by Gasteiger charge is -2.33. The molecule has 0 radical (unpaired) electrons. The molecule has 164 valence electrons. The van der Waals surface area contributed by atoms with E-state index in [9.17, 15) is 14.4 Å². The van der Waals surface area contributed by atoms with Crippen LogP contribution in [0, 0.1) is 0 Å². The predicted molar refractivity (Wildman–Crippen MR) is 118 cm³/mol. The first-order chi connectivity index (χ1) is 13.5. The Morgan fingerprint density at radius 2 is 1.37 bits per heavy atom. The van der Waals surface area contributed by atoms with Crippen LogP contribution in [0.25, 0.3) is 0 Å². The molecule has 0 atom stereocenters. The summed E-state index contributed by atoms with van der Waals surface area (Å²) in [6.45, 7) is 19.7. The van der Waals surface area contributed by atoms with Gasteiger partial charge >= 0.3 is 5.97 Å². The first kappa shape index (κ1) is 23.8. The van der Waals surface area contributed by atoms with Crippen molar-refractivity contribution in [1.82, 2.24) is 5.32 Å². The molecule has 2 amide bonds. The molecule has 0 fully saturated rings. The summed E-state index contributed by atoms with van der Waals surface area (Å²) in [4.78, 5) is 35.4. The Morgan fingerprint density at radius 3 is 1.73 bits per heavy atom. The molecule has 0 saturated heterocycles. The molecule has 1 aliphatic rings. The van der Waals surface area contributed by atoms with E-state index >= 15 is 0 Å². The Kier molecular flexibility index (Phi) is 6.37. The van der Waals surface area contributed by atoms with Crippen molar-refractivity contribution in [2.24, 2.45) is 0 Å². The van der Waals surface area contributed by atoms with E-state index < -0.39 is 17.8 Å². The van der Waals surface area contributed by atoms with Crippen molar-refractivity contribution in [2.45, 2.75) is 91.6 Å². The second kappa shape index (κ2) is 8.01. The van der Waals surface area contributed by atoms with Gasteiger partial charge in [0.2, 0.25) is 0 Å². The van der Waals surface area contributed by atoms with Crippen LogP contribution in [-0.4, -0.2) is 17.8 Å². The standard InChI is InChI=1S/C25H35NO4/c1-23(2,3)16-12-18(24(4,5)6)17(19(13-16)25(7,8)9)14-30-21(28)11-15-10-20(27)26-22(15)29/h10,12-13H,11,14H2,1-9H3,(H,26,27,29). The van der Waals surface area contributed by atoms with Crippen LogP contribution in [0.1, 0.15) is 91.0 Å². The third kappa shape index (κ3) is 5.59. The molecule has 0 spiro atoms. The molecule has 1 aromatic rings. The maximum atomic E-state index is 12.4. The average Bonchev–Trinajstić information content (AvgIpc) is 2.86. The van der Waals surface area contributed by atoms with Crippen LogP contribution in [0.5, 0.6) is 0 Å². The Hall–Kier alpha value is -2.43. The number of nitrogens with one attached hydrogen (secondary N) is 1. The summed E-state index contributed by atoms with van der Waals surface area (Å²) < 4.78 is 5.60. The summed E-state index contributed by atoms with van der Waals surface area (Å²) in [5, 5.41) is 2.15. The van der Waals surface area contributed by atoms with Gasteiger partial charge in [0.25, 0.3) is 11.8 Å². The highest BCUT2D eigenvalue weighted by Crippen LogP contribution is 2.38. The number of hydrogen-bond acceptors (Lipinski definition) is 4. The zero-order valence-corrected chi connectivity index (χ0v) is 19.8. The number of ether oxygens (including phenoxy) is 1. The zero-order valence-electron chi connectivity index (χ0n) is 19.8. The van der Waals surface area contributed by atoms with Crippen LogP contribution in [0.4, 0.5) is 0 Å². The van der Waals surface area contributed by atoms with Crippen molar-refractivity contribution in [3.63, 3.8) is 0 Å². The second-order valence-electron chi connectivity index (χ2n) is 11.1. The largest absolute Gasteiger partial charge is 0.461 e. The molecule has 5 heteroatoms. The molecule has 1 N–H and O–H groups in total. The van der Waals surface area contributed by atoms with E-state index in [2.05, 4.69) is 79.8 Å². The van der Waals surface area contributed by atoms with E-state index in [4.69, 9.17) is 4.74 Å². The molecular formula is C25H35NO4. The summed E-state index contributed by atoms with van der Waals surface area (Å²) in [6, 6.07) is 4.45. The number of benzene rings is 1. The highest BCUT2D eigenvalue weighted by atomic mass is 16.5. The van der Waals surface area contributed by atoms with Crippen molar-refractivity contribution in [3.05, 3.63) is 46.0 Å². The van der Waals surface area contributed by atoms with Gasteiger partial charge in [0.1, 0.15) is 6.61 Å². The SMILES string of the molecule is CC(C)(C)c1cc(C(C)(C)C)c(COC(=O)CC2=CC(=O)NC2=O)c(C(C)(C)C)c1. The van der Waals surface area contributed by atoms with E-state index in [1.54, 1.807) is 0 Å². The quantitative estimate of drug-likeness (QED) is 0.579. The molecular weight excluding hydrogens is 378 g/mol. The molecule has 5 nitrogen and oxygen atoms in total. The van der Waals surface area contributed by atoms with Gasteiger partial charge in [0.05, 0.1) is 6.42 Å². The molecule has 2 rings (SSSR count). The lowest BCUT2D eigenvalue weighted by atomic mass is 9.72. The number of amides is 2. The van der Waals surface area contributed by atoms with Crippen LogP contribution in [-0.2, 0) is 42.0 Å². The van der Waals surface area contributed by atoms with Gasteiger partial charge in [0.15, 0.2) is 0 Å². The predicted octanol–water partition coefficient (Wildman–Crippen LogP) is 4.60. The number of rotatable bonds is 4. The molecule has 0 bridgehead atoms. The normalized spacial score (nSPS) is 15.2. The molecule has 0 unspecified atom stereocenters.